The molecule has 1 aromatic rings. The van der Waals surface area contributed by atoms with Crippen LogP contribution >= 0.6 is 0 Å². The first-order valence-corrected chi connectivity index (χ1v) is 5.89. The predicted molar refractivity (Wildman–Crippen MR) is 66.8 cm³/mol. The summed E-state index contributed by atoms with van der Waals surface area (Å²) in [6.45, 7) is 0.917. The minimum Gasteiger partial charge on any atom is -0.477 e. The van der Waals surface area contributed by atoms with Crippen molar-refractivity contribution >= 4 is 17.6 Å². The maximum atomic E-state index is 12.1. The third-order valence-electron chi connectivity index (χ3n) is 3.08. The van der Waals surface area contributed by atoms with Crippen molar-refractivity contribution in [3.63, 3.8) is 0 Å². The molecule has 19 heavy (non-hydrogen) atoms. The molecule has 2 heterocycles. The van der Waals surface area contributed by atoms with Crippen LogP contribution in [0.25, 0.3) is 0 Å². The average Bonchev–Trinajstić information content (AvgIpc) is 2.40. The van der Waals surface area contributed by atoms with E-state index in [2.05, 4.69) is 10.3 Å². The van der Waals surface area contributed by atoms with Crippen LogP contribution in [-0.4, -0.2) is 40.7 Å². The van der Waals surface area contributed by atoms with Crippen molar-refractivity contribution < 1.29 is 19.4 Å². The molecule has 1 fully saturated rings. The van der Waals surface area contributed by atoms with Crippen molar-refractivity contribution in [1.29, 1.82) is 0 Å². The van der Waals surface area contributed by atoms with Gasteiger partial charge >= 0.3 is 5.97 Å². The van der Waals surface area contributed by atoms with E-state index in [0.29, 0.717) is 31.7 Å². The number of amides is 1. The Labute approximate surface area is 109 Å². The Morgan fingerprint density at radius 3 is 2.58 bits per heavy atom. The Morgan fingerprint density at radius 2 is 2.05 bits per heavy atom. The summed E-state index contributed by atoms with van der Waals surface area (Å²) in [5.41, 5.74) is 5.43. The zero-order valence-corrected chi connectivity index (χ0v) is 10.3. The van der Waals surface area contributed by atoms with Crippen LogP contribution in [0, 0.1) is 0 Å². The van der Waals surface area contributed by atoms with Crippen molar-refractivity contribution in [2.24, 2.45) is 5.73 Å². The molecule has 0 aliphatic carbocycles. The van der Waals surface area contributed by atoms with Crippen LogP contribution in [0.4, 0.5) is 5.69 Å². The number of aromatic nitrogens is 1. The van der Waals surface area contributed by atoms with Crippen LogP contribution in [0.5, 0.6) is 0 Å². The molecule has 4 N–H and O–H groups in total. The van der Waals surface area contributed by atoms with Crippen molar-refractivity contribution in [3.05, 3.63) is 24.0 Å². The first kappa shape index (κ1) is 13.4. The van der Waals surface area contributed by atoms with Gasteiger partial charge in [-0.2, -0.15) is 0 Å². The molecule has 0 bridgehead atoms. The molecule has 0 radical (unpaired) electrons. The highest BCUT2D eigenvalue weighted by Crippen LogP contribution is 2.20. The van der Waals surface area contributed by atoms with Gasteiger partial charge in [0.2, 0.25) is 5.91 Å². The van der Waals surface area contributed by atoms with Gasteiger partial charge in [-0.05, 0) is 25.0 Å². The van der Waals surface area contributed by atoms with E-state index < -0.39 is 11.5 Å². The summed E-state index contributed by atoms with van der Waals surface area (Å²) in [6.07, 6.45) is 2.21. The lowest BCUT2D eigenvalue weighted by Crippen LogP contribution is -2.54. The lowest BCUT2D eigenvalue weighted by atomic mass is 9.90. The number of aromatic carboxylic acids is 1. The maximum Gasteiger partial charge on any atom is 0.354 e. The monoisotopic (exact) mass is 265 g/mol. The Morgan fingerprint density at radius 1 is 1.37 bits per heavy atom. The van der Waals surface area contributed by atoms with Gasteiger partial charge < -0.3 is 20.9 Å². The van der Waals surface area contributed by atoms with Crippen LogP contribution in [0.15, 0.2) is 18.3 Å². The molecule has 2 rings (SSSR count). The van der Waals surface area contributed by atoms with E-state index in [9.17, 15) is 9.59 Å². The van der Waals surface area contributed by atoms with Crippen LogP contribution < -0.4 is 11.1 Å². The number of rotatable bonds is 3. The zero-order valence-electron chi connectivity index (χ0n) is 10.3. The van der Waals surface area contributed by atoms with Crippen LogP contribution in [0.1, 0.15) is 23.3 Å². The SMILES string of the molecule is NC1(C(=O)Nc2ccc(C(=O)O)nc2)CCOCC1. The van der Waals surface area contributed by atoms with Gasteiger partial charge in [0.1, 0.15) is 11.2 Å². The van der Waals surface area contributed by atoms with Gasteiger partial charge in [0.25, 0.3) is 0 Å². The Kier molecular flexibility index (Phi) is 3.77. The average molecular weight is 265 g/mol. The predicted octanol–water partition coefficient (Wildman–Crippen LogP) is 0.226. The van der Waals surface area contributed by atoms with E-state index in [4.69, 9.17) is 15.6 Å². The fourth-order valence-electron chi connectivity index (χ4n) is 1.81. The summed E-state index contributed by atoms with van der Waals surface area (Å²) in [6, 6.07) is 2.81. The molecule has 0 saturated carbocycles. The largest absolute Gasteiger partial charge is 0.477 e. The quantitative estimate of drug-likeness (QED) is 0.720. The topological polar surface area (TPSA) is 115 Å². The third kappa shape index (κ3) is 3.07. The van der Waals surface area contributed by atoms with Crippen molar-refractivity contribution in [2.75, 3.05) is 18.5 Å². The van der Waals surface area contributed by atoms with E-state index in [1.165, 1.54) is 18.3 Å². The molecule has 1 aliphatic rings. The molecule has 0 atom stereocenters. The summed E-state index contributed by atoms with van der Waals surface area (Å²) in [5.74, 6) is -1.42. The van der Waals surface area contributed by atoms with Crippen LogP contribution in [0.3, 0.4) is 0 Å². The summed E-state index contributed by atoms with van der Waals surface area (Å²) in [5, 5.41) is 11.4. The summed E-state index contributed by atoms with van der Waals surface area (Å²) in [7, 11) is 0. The van der Waals surface area contributed by atoms with Gasteiger partial charge in [0.05, 0.1) is 11.9 Å². The molecule has 0 spiro atoms. The van der Waals surface area contributed by atoms with E-state index >= 15 is 0 Å². The summed E-state index contributed by atoms with van der Waals surface area (Å²) in [4.78, 5) is 26.4. The second kappa shape index (κ2) is 5.33. The highest BCUT2D eigenvalue weighted by Gasteiger charge is 2.35. The molecule has 0 aromatic carbocycles. The van der Waals surface area contributed by atoms with Gasteiger partial charge in [0, 0.05) is 13.2 Å². The smallest absolute Gasteiger partial charge is 0.354 e. The molecule has 0 unspecified atom stereocenters. The lowest BCUT2D eigenvalue weighted by Gasteiger charge is -2.31. The van der Waals surface area contributed by atoms with Crippen molar-refractivity contribution in [1.82, 2.24) is 4.98 Å². The number of nitrogens with two attached hydrogens (primary N) is 1. The van der Waals surface area contributed by atoms with Crippen molar-refractivity contribution in [3.8, 4) is 0 Å². The van der Waals surface area contributed by atoms with Gasteiger partial charge in [-0.15, -0.1) is 0 Å². The van der Waals surface area contributed by atoms with Crippen molar-refractivity contribution in [2.45, 2.75) is 18.4 Å². The molecule has 7 heteroatoms. The normalized spacial score (nSPS) is 17.7. The van der Waals surface area contributed by atoms with E-state index in [0.717, 1.165) is 0 Å². The molecule has 7 nitrogen and oxygen atoms in total. The third-order valence-corrected chi connectivity index (χ3v) is 3.08. The molecule has 1 amide bonds. The fourth-order valence-corrected chi connectivity index (χ4v) is 1.81. The van der Waals surface area contributed by atoms with E-state index in [-0.39, 0.29) is 11.6 Å². The minimum atomic E-state index is -1.11. The number of pyridine rings is 1. The number of hydrogen-bond acceptors (Lipinski definition) is 5. The Balaban J connectivity index is 2.04. The zero-order chi connectivity index (χ0) is 13.9. The number of carboxylic acid groups (broad SMARTS) is 1. The number of nitrogens with one attached hydrogen (secondary N) is 1. The first-order valence-electron chi connectivity index (χ1n) is 5.89. The van der Waals surface area contributed by atoms with Crippen LogP contribution in [-0.2, 0) is 9.53 Å². The number of nitrogens with zero attached hydrogens (tertiary/aromatic N) is 1. The molecular formula is C12H15N3O4. The van der Waals surface area contributed by atoms with Gasteiger partial charge in [0.15, 0.2) is 0 Å². The minimum absolute atomic E-state index is 0.0773. The maximum absolute atomic E-state index is 12.1. The van der Waals surface area contributed by atoms with Gasteiger partial charge in [-0.3, -0.25) is 4.79 Å². The Hall–Kier alpha value is -1.99. The number of carbonyl (C=O) groups excluding carboxylic acids is 1. The molecular weight excluding hydrogens is 250 g/mol. The number of carboxylic acids is 1. The van der Waals surface area contributed by atoms with Crippen LogP contribution in [0.2, 0.25) is 0 Å². The van der Waals surface area contributed by atoms with E-state index in [1.807, 2.05) is 0 Å². The molecule has 1 saturated heterocycles. The highest BCUT2D eigenvalue weighted by atomic mass is 16.5. The standard InChI is InChI=1S/C12H15N3O4/c13-12(3-5-19-6-4-12)11(18)15-8-1-2-9(10(16)17)14-7-8/h1-2,7H,3-6,13H2,(H,15,18)(H,16,17). The second-order valence-electron chi connectivity index (χ2n) is 4.46. The molecule has 102 valence electrons. The van der Waals surface area contributed by atoms with E-state index in [1.54, 1.807) is 0 Å². The molecule has 1 aromatic heterocycles. The number of carbonyl (C=O) groups is 2. The second-order valence-corrected chi connectivity index (χ2v) is 4.46. The summed E-state index contributed by atoms with van der Waals surface area (Å²) >= 11 is 0. The Bertz CT molecular complexity index is 480. The highest BCUT2D eigenvalue weighted by molar-refractivity contribution is 5.98. The number of hydrogen-bond donors (Lipinski definition) is 3. The first-order chi connectivity index (χ1) is 9.01. The lowest BCUT2D eigenvalue weighted by molar-refractivity contribution is -0.124. The van der Waals surface area contributed by atoms with Gasteiger partial charge in [-0.25, -0.2) is 9.78 Å². The number of ether oxygens (including phenoxy) is 1. The summed E-state index contributed by atoms with van der Waals surface area (Å²) < 4.78 is 5.17. The molecule has 1 aliphatic heterocycles. The number of anilines is 1. The fraction of sp³-hybridized carbons (Fsp3) is 0.417. The van der Waals surface area contributed by atoms with Gasteiger partial charge in [-0.1, -0.05) is 0 Å².